The van der Waals surface area contributed by atoms with Gasteiger partial charge in [-0.3, -0.25) is 0 Å². The zero-order chi connectivity index (χ0) is 78.5. The van der Waals surface area contributed by atoms with Gasteiger partial charge in [0.25, 0.3) is 0 Å². The summed E-state index contributed by atoms with van der Waals surface area (Å²) >= 11 is 13.1. The van der Waals surface area contributed by atoms with Crippen molar-refractivity contribution in [1.82, 2.24) is 0 Å². The summed E-state index contributed by atoms with van der Waals surface area (Å²) in [6, 6.07) is 147. The van der Waals surface area contributed by atoms with Gasteiger partial charge in [0.1, 0.15) is 0 Å². The minimum absolute atomic E-state index is 0.163. The number of halogens is 2. The molecule has 568 valence electrons. The Bertz CT molecular complexity index is 5910. The molecule has 5 unspecified atom stereocenters. The molecule has 0 aromatic heterocycles. The van der Waals surface area contributed by atoms with E-state index < -0.39 is 0 Å². The molecular weight excluding hydrogens is 1450 g/mol. The fourth-order valence-corrected chi connectivity index (χ4v) is 18.6. The quantitative estimate of drug-likeness (QED) is 0.166. The second kappa shape index (κ2) is 35.6. The molecule has 2 N–H and O–H groups in total. The van der Waals surface area contributed by atoms with Crippen LogP contribution in [0.25, 0.3) is 0 Å². The molecule has 0 amide bonds. The van der Waals surface area contributed by atoms with Crippen LogP contribution in [-0.4, -0.2) is 14.1 Å². The molecule has 7 heteroatoms. The summed E-state index contributed by atoms with van der Waals surface area (Å²) in [4.78, 5) is 7.20. The number of hydrogen-bond acceptors (Lipinski definition) is 5. The lowest BCUT2D eigenvalue weighted by atomic mass is 9.83. The Morgan fingerprint density at radius 2 is 0.491 bits per heavy atom. The van der Waals surface area contributed by atoms with Crippen molar-refractivity contribution < 1.29 is 0 Å². The molecule has 0 radical (unpaired) electrons. The Balaban J connectivity index is 0.000000105. The summed E-state index contributed by atoms with van der Waals surface area (Å²) in [6.45, 7) is 5.43. The number of nitrogens with one attached hydrogen (secondary N) is 2. The first-order valence-corrected chi connectivity index (χ1v) is 41.2. The van der Waals surface area contributed by atoms with Crippen LogP contribution in [0, 0.1) is 0 Å². The first-order chi connectivity index (χ1) is 57.3. The zero-order valence-electron chi connectivity index (χ0n) is 65.5. The van der Waals surface area contributed by atoms with Crippen molar-refractivity contribution in [2.24, 2.45) is 0 Å². The van der Waals surface area contributed by atoms with Crippen LogP contribution in [0.1, 0.15) is 146 Å². The number of nitrogens with zero attached hydrogens (tertiary/aromatic N) is 3. The van der Waals surface area contributed by atoms with E-state index in [1.807, 2.05) is 24.3 Å². The predicted octanol–water partition coefficient (Wildman–Crippen LogP) is 26.9. The van der Waals surface area contributed by atoms with E-state index in [1.165, 1.54) is 140 Å². The highest BCUT2D eigenvalue weighted by atomic mass is 35.5. The van der Waals surface area contributed by atoms with E-state index in [4.69, 9.17) is 23.2 Å². The van der Waals surface area contributed by atoms with E-state index in [-0.39, 0.29) is 17.8 Å². The normalized spacial score (nSPS) is 16.1. The van der Waals surface area contributed by atoms with Gasteiger partial charge >= 0.3 is 0 Å². The number of fused-ring (bicyclic) bond motifs is 10. The molecule has 0 saturated carbocycles. The second-order valence-electron chi connectivity index (χ2n) is 30.5. The van der Waals surface area contributed by atoms with Crippen LogP contribution < -0.4 is 25.3 Å². The summed E-state index contributed by atoms with van der Waals surface area (Å²) in [5.41, 5.74) is 34.6. The Kier molecular flexibility index (Phi) is 23.3. The highest BCUT2D eigenvalue weighted by Crippen LogP contribution is 2.48. The van der Waals surface area contributed by atoms with Crippen LogP contribution in [0.4, 0.5) is 28.4 Å². The lowest BCUT2D eigenvalue weighted by molar-refractivity contribution is 0.802. The van der Waals surface area contributed by atoms with Crippen molar-refractivity contribution in [3.8, 4) is 0 Å². The van der Waals surface area contributed by atoms with Crippen molar-refractivity contribution in [2.45, 2.75) is 68.9 Å². The Hall–Kier alpha value is -12.9. The molecule has 16 aromatic carbocycles. The molecule has 21 rings (SSSR count). The lowest BCUT2D eigenvalue weighted by Crippen LogP contribution is -2.22. The minimum Gasteiger partial charge on any atom is -0.381 e. The van der Waals surface area contributed by atoms with Crippen molar-refractivity contribution in [2.75, 3.05) is 39.4 Å². The number of para-hydroxylation sites is 5. The molecule has 0 aliphatic carbocycles. The SMILES string of the molecule is CN1Cc2ccccc2C(c2ccccc2)c2ccccc21.CN1Cc2ccccc2C(c2ccccc2Cl)c2ccccc21.Clc1ccccc1C1c2ccccc2CNc2ccccc21.c1ccc(C2c3ccccc3CNc3ccccc32)cc1.c1ccc(CN2Cc3ccccc3C(c3ccccc3)c3ccccc32)cc1. The fraction of sp³-hybridized carbons (Fsp3) is 0.119. The largest absolute Gasteiger partial charge is 0.381 e. The van der Waals surface area contributed by atoms with Gasteiger partial charge in [-0.05, 0) is 159 Å². The summed E-state index contributed by atoms with van der Waals surface area (Å²) in [6.07, 6.45) is 0. The Morgan fingerprint density at radius 3 is 0.914 bits per heavy atom. The monoisotopic (exact) mass is 1540 g/mol. The predicted molar refractivity (Wildman–Crippen MR) is 487 cm³/mol. The summed E-state index contributed by atoms with van der Waals surface area (Å²) in [5.74, 6) is 1.19. The molecule has 0 saturated heterocycles. The van der Waals surface area contributed by atoms with Crippen molar-refractivity contribution in [1.29, 1.82) is 0 Å². The Labute approximate surface area is 694 Å². The maximum atomic E-state index is 6.57. The third-order valence-corrected chi connectivity index (χ3v) is 24.1. The minimum atomic E-state index is 0.163. The summed E-state index contributed by atoms with van der Waals surface area (Å²) in [7, 11) is 4.34. The molecule has 5 heterocycles. The highest BCUT2D eigenvalue weighted by molar-refractivity contribution is 6.32. The topological polar surface area (TPSA) is 33.8 Å². The van der Waals surface area contributed by atoms with Gasteiger partial charge in [-0.2, -0.15) is 0 Å². The number of anilines is 5. The first kappa shape index (κ1) is 75.8. The average molecular weight is 1540 g/mol. The van der Waals surface area contributed by atoms with E-state index in [0.29, 0.717) is 11.8 Å². The van der Waals surface area contributed by atoms with Crippen LogP contribution in [0.3, 0.4) is 0 Å². The smallest absolute Gasteiger partial charge is 0.0447 e. The van der Waals surface area contributed by atoms with Gasteiger partial charge in [0.2, 0.25) is 0 Å². The van der Waals surface area contributed by atoms with E-state index in [9.17, 15) is 0 Å². The van der Waals surface area contributed by atoms with Crippen LogP contribution >= 0.6 is 23.2 Å². The van der Waals surface area contributed by atoms with E-state index in [0.717, 1.165) is 54.9 Å². The van der Waals surface area contributed by atoms with Crippen LogP contribution in [-0.2, 0) is 39.3 Å². The molecule has 0 fully saturated rings. The van der Waals surface area contributed by atoms with Crippen LogP contribution in [0.5, 0.6) is 0 Å². The van der Waals surface area contributed by atoms with Gasteiger partial charge in [-0.25, -0.2) is 0 Å². The van der Waals surface area contributed by atoms with Crippen LogP contribution in [0.2, 0.25) is 10.0 Å². The molecule has 0 spiro atoms. The van der Waals surface area contributed by atoms with Gasteiger partial charge in [-0.15, -0.1) is 0 Å². The summed E-state index contributed by atoms with van der Waals surface area (Å²) < 4.78 is 0. The Morgan fingerprint density at radius 1 is 0.233 bits per heavy atom. The molecular formula is C109H93Cl2N5. The van der Waals surface area contributed by atoms with Gasteiger partial charge in [0, 0.05) is 121 Å². The fourth-order valence-electron chi connectivity index (χ4n) is 18.1. The molecule has 5 nitrogen and oxygen atoms in total. The van der Waals surface area contributed by atoms with Crippen molar-refractivity contribution >= 4 is 51.6 Å². The van der Waals surface area contributed by atoms with Gasteiger partial charge in [-0.1, -0.05) is 393 Å². The van der Waals surface area contributed by atoms with Gasteiger partial charge in [0.15, 0.2) is 0 Å². The highest BCUT2D eigenvalue weighted by Gasteiger charge is 2.33. The first-order valence-electron chi connectivity index (χ1n) is 40.4. The zero-order valence-corrected chi connectivity index (χ0v) is 67.0. The molecule has 16 aromatic rings. The van der Waals surface area contributed by atoms with Gasteiger partial charge in [0.05, 0.1) is 0 Å². The lowest BCUT2D eigenvalue weighted by Gasteiger charge is -2.26. The van der Waals surface area contributed by atoms with Crippen LogP contribution in [0.15, 0.2) is 413 Å². The molecule has 5 aliphatic rings. The van der Waals surface area contributed by atoms with Crippen molar-refractivity contribution in [3.05, 3.63) is 539 Å². The molecule has 0 bridgehead atoms. The summed E-state index contributed by atoms with van der Waals surface area (Å²) in [5, 5.41) is 8.78. The van der Waals surface area contributed by atoms with E-state index in [2.05, 4.69) is 428 Å². The standard InChI is InChI=1S/C27H23N.C21H18ClN.C21H19N.C20H16ClN.C20H17N/c1-3-11-21(12-4-1)19-28-20-23-15-7-8-16-24(23)27(22-13-5-2-6-14-22)25-17-9-10-18-26(25)28;1-23-14-15-8-2-3-9-16(15)21(17-10-4-6-12-19(17)22)18-11-5-7-13-20(18)23;1-22-15-17-11-5-6-12-18(17)21(16-9-3-2-4-10-16)19-13-7-8-14-20(19)22;21-18-11-5-3-9-16(18)20-15-8-2-1-7-14(15)13-22-19-12-6-4-10-17(19)20;1-2-8-15(9-3-1)20-17-11-5-4-10-16(17)14-21-19-13-7-6-12-18(19)20/h1-18,27H,19-20H2;2-13,21H,14H2,1H3;2-14,21H,15H2,1H3;1-12,20,22H,13H2;1-13,20-21H,14H2. The van der Waals surface area contributed by atoms with E-state index >= 15 is 0 Å². The second-order valence-corrected chi connectivity index (χ2v) is 31.4. The van der Waals surface area contributed by atoms with E-state index in [1.54, 1.807) is 0 Å². The third-order valence-electron chi connectivity index (χ3n) is 23.4. The number of benzene rings is 16. The van der Waals surface area contributed by atoms with Gasteiger partial charge < -0.3 is 25.3 Å². The third kappa shape index (κ3) is 16.3. The van der Waals surface area contributed by atoms with Crippen molar-refractivity contribution in [3.63, 3.8) is 0 Å². The average Bonchev–Trinajstić information content (AvgIpc) is 1.59. The maximum Gasteiger partial charge on any atom is 0.0447 e. The number of hydrogen-bond donors (Lipinski definition) is 2. The maximum absolute atomic E-state index is 6.57. The molecule has 5 aliphatic heterocycles. The number of rotatable bonds is 7. The molecule has 116 heavy (non-hydrogen) atoms. The molecule has 5 atom stereocenters.